The summed E-state index contributed by atoms with van der Waals surface area (Å²) in [5.41, 5.74) is 2.33. The van der Waals surface area contributed by atoms with Crippen LogP contribution in [0.2, 0.25) is 0 Å². The van der Waals surface area contributed by atoms with Gasteiger partial charge in [0.2, 0.25) is 5.91 Å². The first-order valence-corrected chi connectivity index (χ1v) is 15.9. The molecule has 4 heterocycles. The molecule has 252 valence electrons. The van der Waals surface area contributed by atoms with Crippen molar-refractivity contribution in [1.29, 1.82) is 0 Å². The number of imidazole rings is 2. The topological polar surface area (TPSA) is 157 Å². The van der Waals surface area contributed by atoms with Gasteiger partial charge in [0.25, 0.3) is 0 Å². The molecule has 2 aromatic carbocycles. The normalized spacial score (nSPS) is 18.4. The number of alkyl carbamates (subject to hydrolysis) is 1. The maximum absolute atomic E-state index is 15.5. The van der Waals surface area contributed by atoms with Gasteiger partial charge in [-0.2, -0.15) is 0 Å². The van der Waals surface area contributed by atoms with E-state index < -0.39 is 35.9 Å². The lowest BCUT2D eigenvalue weighted by atomic mass is 10.00. The molecule has 3 amide bonds. The average molecular weight is 662 g/mol. The van der Waals surface area contributed by atoms with E-state index in [0.29, 0.717) is 60.1 Å². The second-order valence-electron chi connectivity index (χ2n) is 12.4. The van der Waals surface area contributed by atoms with Crippen molar-refractivity contribution >= 4 is 18.1 Å². The van der Waals surface area contributed by atoms with Gasteiger partial charge in [-0.25, -0.2) is 28.3 Å². The van der Waals surface area contributed by atoms with Crippen molar-refractivity contribution in [3.8, 4) is 33.6 Å². The Morgan fingerprint density at radius 2 is 1.38 bits per heavy atom. The molecule has 3 atom stereocenters. The predicted molar refractivity (Wildman–Crippen MR) is 172 cm³/mol. The van der Waals surface area contributed by atoms with E-state index in [1.54, 1.807) is 29.2 Å². The largest absolute Gasteiger partial charge is 0.465 e. The predicted octanol–water partition coefficient (Wildman–Crippen LogP) is 6.27. The molecular weight excluding hydrogens is 624 g/mol. The molecule has 6 rings (SSSR count). The molecule has 0 bridgehead atoms. The van der Waals surface area contributed by atoms with Crippen LogP contribution in [0.1, 0.15) is 63.3 Å². The first-order chi connectivity index (χ1) is 23.0. The monoisotopic (exact) mass is 661 g/mol. The number of hydrogen-bond donors (Lipinski definition) is 4. The molecule has 2 saturated heterocycles. The second kappa shape index (κ2) is 13.5. The third-order valence-corrected chi connectivity index (χ3v) is 9.10. The number of methoxy groups -OCH3 is 1. The standard InChI is InChI=1S/C34H37F2N7O5/c1-18(2)29(41-33(45)48-3)32(44)42-12-4-6-27(42)30-37-16-25(39-30)21-10-8-19(14-23(21)35)20-9-11-22(24(36)15-20)26-17-38-31(40-26)28-7-5-13-43(28)34(46)47/h8-11,14-18,27-29H,4-7,12-13H2,1-3H3,(H,37,39)(H,38,40)(H,41,45)(H,46,47)/t27-,28-,29-/m0/s1. The van der Waals surface area contributed by atoms with Crippen LogP contribution in [0.25, 0.3) is 33.6 Å². The van der Waals surface area contributed by atoms with Gasteiger partial charge < -0.3 is 30.0 Å². The van der Waals surface area contributed by atoms with Crippen LogP contribution >= 0.6 is 0 Å². The van der Waals surface area contributed by atoms with Crippen molar-refractivity contribution in [3.05, 3.63) is 72.1 Å². The summed E-state index contributed by atoms with van der Waals surface area (Å²) in [6.45, 7) is 4.60. The Bertz CT molecular complexity index is 1840. The van der Waals surface area contributed by atoms with E-state index in [9.17, 15) is 19.5 Å². The van der Waals surface area contributed by atoms with Crippen molar-refractivity contribution in [1.82, 2.24) is 35.1 Å². The van der Waals surface area contributed by atoms with Crippen molar-refractivity contribution in [2.45, 2.75) is 57.7 Å². The highest BCUT2D eigenvalue weighted by atomic mass is 19.1. The Kier molecular flexibility index (Phi) is 9.16. The van der Waals surface area contributed by atoms with Crippen molar-refractivity contribution in [2.24, 2.45) is 5.92 Å². The van der Waals surface area contributed by atoms with E-state index in [4.69, 9.17) is 4.74 Å². The molecule has 4 aromatic rings. The maximum atomic E-state index is 15.5. The smallest absolute Gasteiger partial charge is 0.407 e. The molecule has 0 spiro atoms. The van der Waals surface area contributed by atoms with Crippen molar-refractivity contribution in [2.75, 3.05) is 20.2 Å². The van der Waals surface area contributed by atoms with Crippen molar-refractivity contribution < 1.29 is 33.0 Å². The summed E-state index contributed by atoms with van der Waals surface area (Å²) in [7, 11) is 1.24. The molecule has 4 N–H and O–H groups in total. The lowest BCUT2D eigenvalue weighted by molar-refractivity contribution is -0.135. The molecular formula is C34H37F2N7O5. The van der Waals surface area contributed by atoms with Crippen LogP contribution in [0.3, 0.4) is 0 Å². The van der Waals surface area contributed by atoms with Crippen LogP contribution in [-0.2, 0) is 9.53 Å². The fourth-order valence-electron chi connectivity index (χ4n) is 6.58. The first-order valence-electron chi connectivity index (χ1n) is 15.9. The third kappa shape index (κ3) is 6.34. The van der Waals surface area contributed by atoms with Gasteiger partial charge in [0.15, 0.2) is 0 Å². The van der Waals surface area contributed by atoms with Crippen molar-refractivity contribution in [3.63, 3.8) is 0 Å². The van der Waals surface area contributed by atoms with Gasteiger partial charge in [0.05, 0.1) is 43.0 Å². The SMILES string of the molecule is COC(=O)N[C@H](C(=O)N1CCC[C@H]1c1ncc(-c2ccc(-c3ccc(-c4cnc([C@@H]5CCCN5C(=O)O)[nH]4)c(F)c3)cc2F)[nH]1)C(C)C. The van der Waals surface area contributed by atoms with E-state index >= 15 is 8.78 Å². The highest BCUT2D eigenvalue weighted by molar-refractivity contribution is 5.86. The van der Waals surface area contributed by atoms with Crippen LogP contribution in [0.5, 0.6) is 0 Å². The zero-order valence-corrected chi connectivity index (χ0v) is 26.8. The molecule has 2 aliphatic heterocycles. The summed E-state index contributed by atoms with van der Waals surface area (Å²) in [6, 6.07) is 7.67. The summed E-state index contributed by atoms with van der Waals surface area (Å²) in [4.78, 5) is 54.9. The van der Waals surface area contributed by atoms with Gasteiger partial charge >= 0.3 is 12.2 Å². The molecule has 2 aromatic heterocycles. The number of likely N-dealkylation sites (tertiary alicyclic amines) is 2. The van der Waals surface area contributed by atoms with Gasteiger partial charge in [-0.1, -0.05) is 26.0 Å². The summed E-state index contributed by atoms with van der Waals surface area (Å²) >= 11 is 0. The number of halogens is 2. The molecule has 0 aliphatic carbocycles. The molecule has 12 nitrogen and oxygen atoms in total. The van der Waals surface area contributed by atoms with Crippen LogP contribution in [0.15, 0.2) is 48.8 Å². The van der Waals surface area contributed by atoms with Crippen LogP contribution in [0, 0.1) is 17.6 Å². The fraction of sp³-hybridized carbons (Fsp3) is 0.382. The number of carbonyl (C=O) groups is 3. The molecule has 0 radical (unpaired) electrons. The minimum absolute atomic E-state index is 0.172. The number of aromatic amines is 2. The Labute approximate surface area is 275 Å². The third-order valence-electron chi connectivity index (χ3n) is 9.10. The average Bonchev–Trinajstić information content (AvgIpc) is 3.89. The van der Waals surface area contributed by atoms with Gasteiger partial charge in [0, 0.05) is 24.2 Å². The second-order valence-corrected chi connectivity index (χ2v) is 12.4. The lowest BCUT2D eigenvalue weighted by Gasteiger charge is -2.30. The van der Waals surface area contributed by atoms with E-state index in [0.717, 1.165) is 12.8 Å². The summed E-state index contributed by atoms with van der Waals surface area (Å²) in [5, 5.41) is 12.1. The number of nitrogens with one attached hydrogen (secondary N) is 3. The quantitative estimate of drug-likeness (QED) is 0.173. The molecule has 48 heavy (non-hydrogen) atoms. The van der Waals surface area contributed by atoms with Gasteiger partial charge in [0.1, 0.15) is 29.3 Å². The number of ether oxygens (including phenoxy) is 1. The number of benzene rings is 2. The van der Waals surface area contributed by atoms with Crippen LogP contribution in [0.4, 0.5) is 18.4 Å². The van der Waals surface area contributed by atoms with Gasteiger partial charge in [-0.15, -0.1) is 0 Å². The van der Waals surface area contributed by atoms with Gasteiger partial charge in [-0.3, -0.25) is 9.69 Å². The molecule has 0 unspecified atom stereocenters. The van der Waals surface area contributed by atoms with E-state index in [2.05, 4.69) is 25.3 Å². The number of carbonyl (C=O) groups excluding carboxylic acids is 2. The lowest BCUT2D eigenvalue weighted by Crippen LogP contribution is -2.51. The number of carboxylic acid groups (broad SMARTS) is 1. The van der Waals surface area contributed by atoms with Crippen LogP contribution < -0.4 is 5.32 Å². The number of H-pyrrole nitrogens is 2. The van der Waals surface area contributed by atoms with Gasteiger partial charge in [-0.05, 0) is 67.0 Å². The fourth-order valence-corrected chi connectivity index (χ4v) is 6.58. The number of rotatable bonds is 8. The number of hydrogen-bond acceptors (Lipinski definition) is 6. The first kappa shape index (κ1) is 32.7. The Hall–Kier alpha value is -5.27. The molecule has 14 heteroatoms. The zero-order valence-electron chi connectivity index (χ0n) is 26.8. The number of nitrogens with zero attached hydrogens (tertiary/aromatic N) is 4. The Morgan fingerprint density at radius 3 is 1.83 bits per heavy atom. The number of amides is 3. The molecule has 0 saturated carbocycles. The Balaban J connectivity index is 1.18. The highest BCUT2D eigenvalue weighted by Gasteiger charge is 2.37. The van der Waals surface area contributed by atoms with Crippen LogP contribution in [-0.4, -0.2) is 79.2 Å². The zero-order chi connectivity index (χ0) is 34.1. The number of aromatic nitrogens is 4. The van der Waals surface area contributed by atoms with E-state index in [1.165, 1.54) is 36.5 Å². The molecule has 2 fully saturated rings. The minimum atomic E-state index is -1.02. The highest BCUT2D eigenvalue weighted by Crippen LogP contribution is 2.36. The minimum Gasteiger partial charge on any atom is -0.465 e. The summed E-state index contributed by atoms with van der Waals surface area (Å²) < 4.78 is 35.6. The maximum Gasteiger partial charge on any atom is 0.407 e. The summed E-state index contributed by atoms with van der Waals surface area (Å²) in [5.74, 6) is -0.500. The van der Waals surface area contributed by atoms with E-state index in [1.807, 2.05) is 13.8 Å². The molecule has 2 aliphatic rings. The Morgan fingerprint density at radius 1 is 0.875 bits per heavy atom. The summed E-state index contributed by atoms with van der Waals surface area (Å²) in [6.07, 6.45) is 4.08. The van der Waals surface area contributed by atoms with E-state index in [-0.39, 0.29) is 29.0 Å².